The zero-order valence-electron chi connectivity index (χ0n) is 13.8. The van der Waals surface area contributed by atoms with E-state index in [1.54, 1.807) is 6.20 Å². The highest BCUT2D eigenvalue weighted by atomic mass is 16.5. The predicted molar refractivity (Wildman–Crippen MR) is 86.3 cm³/mol. The molecule has 3 rings (SSSR count). The van der Waals surface area contributed by atoms with Gasteiger partial charge in [-0.25, -0.2) is 0 Å². The lowest BCUT2D eigenvalue weighted by Gasteiger charge is -2.26. The van der Waals surface area contributed by atoms with Crippen LogP contribution in [0.25, 0.3) is 0 Å². The van der Waals surface area contributed by atoms with Crippen LogP contribution in [0.5, 0.6) is 0 Å². The smallest absolute Gasteiger partial charge is 0.253 e. The molecule has 0 saturated heterocycles. The average Bonchev–Trinajstić information content (AvgIpc) is 2.85. The first-order valence-electron chi connectivity index (χ1n) is 7.90. The molecule has 2 aromatic rings. The number of nitrogens with one attached hydrogen (secondary N) is 1. The second-order valence-corrected chi connectivity index (χ2v) is 6.12. The van der Waals surface area contributed by atoms with E-state index in [0.717, 1.165) is 54.1 Å². The predicted octanol–water partition coefficient (Wildman–Crippen LogP) is 1.65. The average molecular weight is 314 g/mol. The topological polar surface area (TPSA) is 71.3 Å². The molecule has 0 spiro atoms. The SMILES string of the molecule is Cc1noc(C)c1CCNC(=O)c1cncc2c1CCN(C)C2. The molecule has 0 aliphatic carbocycles. The Hall–Kier alpha value is -2.21. The highest BCUT2D eigenvalue weighted by Gasteiger charge is 2.20. The van der Waals surface area contributed by atoms with Crippen LogP contribution in [0.3, 0.4) is 0 Å². The van der Waals surface area contributed by atoms with Crippen LogP contribution in [0.4, 0.5) is 0 Å². The molecular weight excluding hydrogens is 292 g/mol. The summed E-state index contributed by atoms with van der Waals surface area (Å²) < 4.78 is 5.14. The summed E-state index contributed by atoms with van der Waals surface area (Å²) in [5.41, 5.74) is 4.94. The molecule has 0 aromatic carbocycles. The maximum absolute atomic E-state index is 12.5. The van der Waals surface area contributed by atoms with E-state index in [4.69, 9.17) is 4.52 Å². The summed E-state index contributed by atoms with van der Waals surface area (Å²) in [5, 5.41) is 6.93. The van der Waals surface area contributed by atoms with Gasteiger partial charge in [-0.15, -0.1) is 0 Å². The van der Waals surface area contributed by atoms with Gasteiger partial charge >= 0.3 is 0 Å². The third-order valence-corrected chi connectivity index (χ3v) is 4.42. The zero-order chi connectivity index (χ0) is 16.4. The minimum Gasteiger partial charge on any atom is -0.361 e. The molecule has 1 aliphatic rings. The Balaban J connectivity index is 1.66. The van der Waals surface area contributed by atoms with Gasteiger partial charge in [0.25, 0.3) is 5.91 Å². The van der Waals surface area contributed by atoms with Crippen molar-refractivity contribution in [3.8, 4) is 0 Å². The molecule has 1 N–H and O–H groups in total. The summed E-state index contributed by atoms with van der Waals surface area (Å²) in [4.78, 5) is 19.0. The first-order valence-corrected chi connectivity index (χ1v) is 7.90. The molecule has 6 heteroatoms. The van der Waals surface area contributed by atoms with Crippen LogP contribution >= 0.6 is 0 Å². The van der Waals surface area contributed by atoms with Crippen molar-refractivity contribution in [1.29, 1.82) is 0 Å². The van der Waals surface area contributed by atoms with Gasteiger partial charge < -0.3 is 14.7 Å². The second-order valence-electron chi connectivity index (χ2n) is 6.12. The van der Waals surface area contributed by atoms with E-state index in [9.17, 15) is 4.79 Å². The summed E-state index contributed by atoms with van der Waals surface area (Å²) in [6, 6.07) is 0. The summed E-state index contributed by atoms with van der Waals surface area (Å²) in [5.74, 6) is 0.768. The largest absolute Gasteiger partial charge is 0.361 e. The van der Waals surface area contributed by atoms with Crippen molar-refractivity contribution in [2.45, 2.75) is 33.2 Å². The molecule has 6 nitrogen and oxygen atoms in total. The van der Waals surface area contributed by atoms with Crippen LogP contribution < -0.4 is 5.32 Å². The molecule has 0 radical (unpaired) electrons. The molecule has 0 atom stereocenters. The van der Waals surface area contributed by atoms with Gasteiger partial charge in [0.2, 0.25) is 0 Å². The van der Waals surface area contributed by atoms with Crippen LogP contribution in [0, 0.1) is 13.8 Å². The Kier molecular flexibility index (Phi) is 4.43. The fourth-order valence-corrected chi connectivity index (χ4v) is 3.09. The molecule has 1 aliphatic heterocycles. The van der Waals surface area contributed by atoms with Crippen molar-refractivity contribution in [1.82, 2.24) is 20.4 Å². The molecule has 0 bridgehead atoms. The van der Waals surface area contributed by atoms with Gasteiger partial charge in [0.05, 0.1) is 11.3 Å². The fourth-order valence-electron chi connectivity index (χ4n) is 3.09. The number of aromatic nitrogens is 2. The monoisotopic (exact) mass is 314 g/mol. The third kappa shape index (κ3) is 3.27. The van der Waals surface area contributed by atoms with Gasteiger partial charge in [0, 0.05) is 37.6 Å². The quantitative estimate of drug-likeness (QED) is 0.929. The lowest BCUT2D eigenvalue weighted by atomic mass is 9.97. The highest BCUT2D eigenvalue weighted by molar-refractivity contribution is 5.95. The van der Waals surface area contributed by atoms with Gasteiger partial charge in [0.15, 0.2) is 0 Å². The molecule has 3 heterocycles. The van der Waals surface area contributed by atoms with Gasteiger partial charge in [-0.05, 0) is 44.9 Å². The number of likely N-dealkylation sites (N-methyl/N-ethyl adjacent to an activating group) is 1. The first kappa shape index (κ1) is 15.7. The summed E-state index contributed by atoms with van der Waals surface area (Å²) >= 11 is 0. The van der Waals surface area contributed by atoms with Crippen LogP contribution in [-0.4, -0.2) is 41.1 Å². The standard InChI is InChI=1S/C17H22N4O2/c1-11-14(12(2)23-20-11)4-6-19-17(22)16-9-18-8-13-10-21(3)7-5-15(13)16/h8-9H,4-7,10H2,1-3H3,(H,19,22). The van der Waals surface area contributed by atoms with Gasteiger partial charge in [0.1, 0.15) is 5.76 Å². The molecule has 23 heavy (non-hydrogen) atoms. The number of fused-ring (bicyclic) bond motifs is 1. The Labute approximate surface area is 135 Å². The van der Waals surface area contributed by atoms with E-state index in [2.05, 4.69) is 27.4 Å². The highest BCUT2D eigenvalue weighted by Crippen LogP contribution is 2.20. The minimum atomic E-state index is -0.0503. The van der Waals surface area contributed by atoms with Crippen LogP contribution in [0.1, 0.15) is 38.5 Å². The summed E-state index contributed by atoms with van der Waals surface area (Å²) in [6.07, 6.45) is 5.15. The number of nitrogens with zero attached hydrogens (tertiary/aromatic N) is 3. The fraction of sp³-hybridized carbons (Fsp3) is 0.471. The Bertz CT molecular complexity index is 704. The normalized spacial score (nSPS) is 14.6. The summed E-state index contributed by atoms with van der Waals surface area (Å²) in [7, 11) is 2.08. The molecule has 1 amide bonds. The lowest BCUT2D eigenvalue weighted by Crippen LogP contribution is -2.31. The molecule has 122 valence electrons. The molecular formula is C17H22N4O2. The Morgan fingerprint density at radius 2 is 2.22 bits per heavy atom. The third-order valence-electron chi connectivity index (χ3n) is 4.42. The van der Waals surface area contributed by atoms with E-state index in [1.165, 1.54) is 0 Å². The number of hydrogen-bond acceptors (Lipinski definition) is 5. The van der Waals surface area contributed by atoms with E-state index in [1.807, 2.05) is 20.0 Å². The number of amides is 1. The van der Waals surface area contributed by atoms with Gasteiger partial charge in [-0.3, -0.25) is 9.78 Å². The van der Waals surface area contributed by atoms with Gasteiger partial charge in [-0.1, -0.05) is 5.16 Å². The Morgan fingerprint density at radius 3 is 2.96 bits per heavy atom. The van der Waals surface area contributed by atoms with Crippen LogP contribution in [-0.2, 0) is 19.4 Å². The van der Waals surface area contributed by atoms with Crippen molar-refractivity contribution >= 4 is 5.91 Å². The number of pyridine rings is 1. The number of hydrogen-bond donors (Lipinski definition) is 1. The Morgan fingerprint density at radius 1 is 1.39 bits per heavy atom. The molecule has 0 fully saturated rings. The van der Waals surface area contributed by atoms with Crippen LogP contribution in [0.2, 0.25) is 0 Å². The number of carbonyl (C=O) groups excluding carboxylic acids is 1. The molecule has 2 aromatic heterocycles. The van der Waals surface area contributed by atoms with Crippen molar-refractivity contribution in [2.24, 2.45) is 0 Å². The number of carbonyl (C=O) groups is 1. The maximum Gasteiger partial charge on any atom is 0.253 e. The first-order chi connectivity index (χ1) is 11.1. The van der Waals surface area contributed by atoms with Crippen LogP contribution in [0.15, 0.2) is 16.9 Å². The number of rotatable bonds is 4. The van der Waals surface area contributed by atoms with E-state index >= 15 is 0 Å². The molecule has 0 saturated carbocycles. The lowest BCUT2D eigenvalue weighted by molar-refractivity contribution is 0.0952. The van der Waals surface area contributed by atoms with Crippen molar-refractivity contribution in [2.75, 3.05) is 20.1 Å². The maximum atomic E-state index is 12.5. The molecule has 0 unspecified atom stereocenters. The number of aryl methyl sites for hydroxylation is 2. The zero-order valence-corrected chi connectivity index (χ0v) is 13.8. The van der Waals surface area contributed by atoms with E-state index < -0.39 is 0 Å². The summed E-state index contributed by atoms with van der Waals surface area (Å²) in [6.45, 7) is 6.19. The minimum absolute atomic E-state index is 0.0503. The van der Waals surface area contributed by atoms with E-state index in [-0.39, 0.29) is 5.91 Å². The van der Waals surface area contributed by atoms with Gasteiger partial charge in [-0.2, -0.15) is 0 Å². The second kappa shape index (κ2) is 6.50. The van der Waals surface area contributed by atoms with Crippen molar-refractivity contribution < 1.29 is 9.32 Å². The van der Waals surface area contributed by atoms with E-state index in [0.29, 0.717) is 12.1 Å². The van der Waals surface area contributed by atoms with Crippen molar-refractivity contribution in [3.63, 3.8) is 0 Å². The van der Waals surface area contributed by atoms with Crippen molar-refractivity contribution in [3.05, 3.63) is 46.1 Å².